The molecular formula is C13H25N3. The monoisotopic (exact) mass is 223 g/mol. The minimum absolute atomic E-state index is 0.000515. The van der Waals surface area contributed by atoms with Gasteiger partial charge < -0.3 is 10.2 Å². The quantitative estimate of drug-likeness (QED) is 0.773. The zero-order valence-electron chi connectivity index (χ0n) is 10.9. The van der Waals surface area contributed by atoms with Crippen molar-refractivity contribution in [3.8, 4) is 6.07 Å². The summed E-state index contributed by atoms with van der Waals surface area (Å²) in [6.07, 6.45) is 2.36. The Morgan fingerprint density at radius 3 is 2.75 bits per heavy atom. The first-order chi connectivity index (χ1) is 7.67. The summed E-state index contributed by atoms with van der Waals surface area (Å²) in [6, 6.07) is 2.36. The highest BCUT2D eigenvalue weighted by Crippen LogP contribution is 2.22. The maximum absolute atomic E-state index is 9.06. The number of hydrogen-bond acceptors (Lipinski definition) is 3. The summed E-state index contributed by atoms with van der Waals surface area (Å²) in [5, 5.41) is 12.4. The predicted octanol–water partition coefficient (Wildman–Crippen LogP) is 1.86. The molecule has 0 radical (unpaired) electrons. The van der Waals surface area contributed by atoms with Crippen molar-refractivity contribution in [2.75, 3.05) is 26.2 Å². The topological polar surface area (TPSA) is 39.1 Å². The van der Waals surface area contributed by atoms with Crippen LogP contribution < -0.4 is 5.32 Å². The molecule has 1 saturated heterocycles. The van der Waals surface area contributed by atoms with Crippen LogP contribution in [0.2, 0.25) is 0 Å². The molecule has 0 aromatic rings. The van der Waals surface area contributed by atoms with Gasteiger partial charge in [-0.2, -0.15) is 5.26 Å². The molecule has 3 heteroatoms. The molecule has 16 heavy (non-hydrogen) atoms. The number of rotatable bonds is 5. The van der Waals surface area contributed by atoms with Crippen LogP contribution in [0.1, 0.15) is 33.6 Å². The van der Waals surface area contributed by atoms with Gasteiger partial charge in [-0.15, -0.1) is 0 Å². The van der Waals surface area contributed by atoms with Gasteiger partial charge in [0.2, 0.25) is 0 Å². The molecule has 92 valence electrons. The third-order valence-electron chi connectivity index (χ3n) is 3.66. The fourth-order valence-electron chi connectivity index (χ4n) is 2.24. The van der Waals surface area contributed by atoms with E-state index in [-0.39, 0.29) is 6.04 Å². The molecule has 0 saturated carbocycles. The Morgan fingerprint density at radius 2 is 2.19 bits per heavy atom. The van der Waals surface area contributed by atoms with E-state index in [2.05, 4.69) is 37.1 Å². The van der Waals surface area contributed by atoms with Crippen molar-refractivity contribution in [1.82, 2.24) is 10.2 Å². The molecule has 3 nitrogen and oxygen atoms in total. The Labute approximate surface area is 99.8 Å². The highest BCUT2D eigenvalue weighted by atomic mass is 15.2. The van der Waals surface area contributed by atoms with Crippen LogP contribution in [-0.2, 0) is 0 Å². The lowest BCUT2D eigenvalue weighted by Gasteiger charge is -2.36. The molecule has 0 spiro atoms. The molecule has 1 fully saturated rings. The van der Waals surface area contributed by atoms with E-state index in [4.69, 9.17) is 5.26 Å². The van der Waals surface area contributed by atoms with E-state index in [1.54, 1.807) is 0 Å². The van der Waals surface area contributed by atoms with Gasteiger partial charge in [-0.05, 0) is 37.8 Å². The second kappa shape index (κ2) is 6.88. The number of nitrogens with zero attached hydrogens (tertiary/aromatic N) is 2. The summed E-state index contributed by atoms with van der Waals surface area (Å²) in [5.41, 5.74) is 0. The zero-order valence-corrected chi connectivity index (χ0v) is 10.9. The average molecular weight is 223 g/mol. The number of piperidine rings is 1. The lowest BCUT2D eigenvalue weighted by molar-refractivity contribution is 0.133. The van der Waals surface area contributed by atoms with Gasteiger partial charge in [-0.25, -0.2) is 0 Å². The fourth-order valence-corrected chi connectivity index (χ4v) is 2.24. The lowest BCUT2D eigenvalue weighted by Crippen LogP contribution is -2.46. The van der Waals surface area contributed by atoms with Crippen molar-refractivity contribution >= 4 is 0 Å². The third kappa shape index (κ3) is 4.11. The van der Waals surface area contributed by atoms with Gasteiger partial charge in [-0.3, -0.25) is 0 Å². The van der Waals surface area contributed by atoms with Crippen LogP contribution in [0.25, 0.3) is 0 Å². The minimum atomic E-state index is 0.000515. The van der Waals surface area contributed by atoms with Gasteiger partial charge in [0, 0.05) is 13.1 Å². The molecule has 1 aliphatic rings. The van der Waals surface area contributed by atoms with Crippen LogP contribution in [0.4, 0.5) is 0 Å². The van der Waals surface area contributed by atoms with Gasteiger partial charge in [0.25, 0.3) is 0 Å². The maximum Gasteiger partial charge on any atom is 0.108 e. The summed E-state index contributed by atoms with van der Waals surface area (Å²) in [4.78, 5) is 2.43. The molecule has 1 heterocycles. The SMILES string of the molecule is CCCNC(C#N)CN1CCC(C)C(C)C1. The van der Waals surface area contributed by atoms with E-state index in [0.29, 0.717) is 0 Å². The third-order valence-corrected chi connectivity index (χ3v) is 3.66. The normalized spacial score (nSPS) is 28.6. The number of likely N-dealkylation sites (tertiary alicyclic amines) is 1. The molecular weight excluding hydrogens is 198 g/mol. The summed E-state index contributed by atoms with van der Waals surface area (Å²) >= 11 is 0. The summed E-state index contributed by atoms with van der Waals surface area (Å²) in [7, 11) is 0. The molecule has 3 unspecified atom stereocenters. The molecule has 0 aromatic carbocycles. The molecule has 1 N–H and O–H groups in total. The smallest absolute Gasteiger partial charge is 0.108 e. The van der Waals surface area contributed by atoms with Crippen molar-refractivity contribution in [3.05, 3.63) is 0 Å². The first-order valence-electron chi connectivity index (χ1n) is 6.52. The van der Waals surface area contributed by atoms with Crippen LogP contribution in [0.5, 0.6) is 0 Å². The van der Waals surface area contributed by atoms with Crippen LogP contribution in [0.15, 0.2) is 0 Å². The zero-order chi connectivity index (χ0) is 12.0. The van der Waals surface area contributed by atoms with E-state index in [1.165, 1.54) is 6.42 Å². The van der Waals surface area contributed by atoms with Crippen molar-refractivity contribution in [1.29, 1.82) is 5.26 Å². The number of nitrogens with one attached hydrogen (secondary N) is 1. The predicted molar refractivity (Wildman–Crippen MR) is 67.1 cm³/mol. The minimum Gasteiger partial charge on any atom is -0.301 e. The van der Waals surface area contributed by atoms with E-state index < -0.39 is 0 Å². The summed E-state index contributed by atoms with van der Waals surface area (Å²) < 4.78 is 0. The van der Waals surface area contributed by atoms with Gasteiger partial charge in [0.05, 0.1) is 6.07 Å². The Bertz CT molecular complexity index is 234. The molecule has 0 aromatic heterocycles. The van der Waals surface area contributed by atoms with Gasteiger partial charge >= 0.3 is 0 Å². The maximum atomic E-state index is 9.06. The van der Waals surface area contributed by atoms with E-state index in [9.17, 15) is 0 Å². The van der Waals surface area contributed by atoms with Crippen molar-refractivity contribution < 1.29 is 0 Å². The highest BCUT2D eigenvalue weighted by molar-refractivity contribution is 4.93. The number of nitriles is 1. The molecule has 0 aliphatic carbocycles. The van der Waals surface area contributed by atoms with Crippen LogP contribution >= 0.6 is 0 Å². The molecule has 1 aliphatic heterocycles. The van der Waals surface area contributed by atoms with Gasteiger partial charge in [0.15, 0.2) is 0 Å². The standard InChI is InChI=1S/C13H25N3/c1-4-6-15-13(8-14)10-16-7-5-11(2)12(3)9-16/h11-13,15H,4-7,9-10H2,1-3H3. The molecule has 3 atom stereocenters. The van der Waals surface area contributed by atoms with Crippen LogP contribution in [-0.4, -0.2) is 37.1 Å². The largest absolute Gasteiger partial charge is 0.301 e. The Balaban J connectivity index is 2.32. The second-order valence-corrected chi connectivity index (χ2v) is 5.14. The summed E-state index contributed by atoms with van der Waals surface area (Å²) in [5.74, 6) is 1.60. The van der Waals surface area contributed by atoms with Crippen LogP contribution in [0.3, 0.4) is 0 Å². The fraction of sp³-hybridized carbons (Fsp3) is 0.923. The Morgan fingerprint density at radius 1 is 1.44 bits per heavy atom. The number of hydrogen-bond donors (Lipinski definition) is 1. The van der Waals surface area contributed by atoms with Crippen molar-refractivity contribution in [3.63, 3.8) is 0 Å². The van der Waals surface area contributed by atoms with Crippen molar-refractivity contribution in [2.24, 2.45) is 11.8 Å². The van der Waals surface area contributed by atoms with Crippen molar-refractivity contribution in [2.45, 2.75) is 39.7 Å². The Kier molecular flexibility index (Phi) is 5.79. The molecule has 1 rings (SSSR count). The average Bonchev–Trinajstić information content (AvgIpc) is 2.29. The molecule has 0 amide bonds. The van der Waals surface area contributed by atoms with Crippen LogP contribution in [0, 0.1) is 23.2 Å². The first-order valence-corrected chi connectivity index (χ1v) is 6.52. The first kappa shape index (κ1) is 13.5. The van der Waals surface area contributed by atoms with Gasteiger partial charge in [-0.1, -0.05) is 20.8 Å². The summed E-state index contributed by atoms with van der Waals surface area (Å²) in [6.45, 7) is 10.9. The van der Waals surface area contributed by atoms with E-state index in [1.807, 2.05) is 0 Å². The van der Waals surface area contributed by atoms with E-state index in [0.717, 1.165) is 44.4 Å². The lowest BCUT2D eigenvalue weighted by atomic mass is 9.88. The molecule has 0 bridgehead atoms. The van der Waals surface area contributed by atoms with E-state index >= 15 is 0 Å². The second-order valence-electron chi connectivity index (χ2n) is 5.14. The Hall–Kier alpha value is -0.590. The van der Waals surface area contributed by atoms with Gasteiger partial charge in [0.1, 0.15) is 6.04 Å². The highest BCUT2D eigenvalue weighted by Gasteiger charge is 2.24.